The van der Waals surface area contributed by atoms with Crippen molar-refractivity contribution in [3.05, 3.63) is 39.3 Å². The number of hydrogen-bond acceptors (Lipinski definition) is 4. The first-order chi connectivity index (χ1) is 9.47. The maximum atomic E-state index is 11.7. The summed E-state index contributed by atoms with van der Waals surface area (Å²) in [6, 6.07) is 7.25. The van der Waals surface area contributed by atoms with Gasteiger partial charge in [-0.1, -0.05) is 11.3 Å². The monoisotopic (exact) mass is 293 g/mol. The molecule has 6 heteroatoms. The van der Waals surface area contributed by atoms with Gasteiger partial charge in [-0.25, -0.2) is 0 Å². The van der Waals surface area contributed by atoms with Gasteiger partial charge in [0.2, 0.25) is 0 Å². The Kier molecular flexibility index (Phi) is 4.24. The van der Waals surface area contributed by atoms with Gasteiger partial charge in [-0.3, -0.25) is 14.2 Å². The van der Waals surface area contributed by atoms with Gasteiger partial charge in [-0.2, -0.15) is 0 Å². The summed E-state index contributed by atoms with van der Waals surface area (Å²) in [6.07, 6.45) is 0.0900. The third-order valence-corrected chi connectivity index (χ3v) is 3.36. The van der Waals surface area contributed by atoms with E-state index in [-0.39, 0.29) is 17.5 Å². The number of aromatic nitrogens is 1. The van der Waals surface area contributed by atoms with Crippen LogP contribution in [0.5, 0.6) is 5.75 Å². The van der Waals surface area contributed by atoms with E-state index in [4.69, 9.17) is 9.84 Å². The van der Waals surface area contributed by atoms with Crippen molar-refractivity contribution in [2.24, 2.45) is 0 Å². The highest BCUT2D eigenvalue weighted by Gasteiger charge is 2.12. The first kappa shape index (κ1) is 14.3. The van der Waals surface area contributed by atoms with Crippen LogP contribution in [0.15, 0.2) is 34.4 Å². The van der Waals surface area contributed by atoms with Gasteiger partial charge >= 0.3 is 10.8 Å². The molecule has 0 atom stereocenters. The fourth-order valence-corrected chi connectivity index (χ4v) is 2.58. The normalized spacial score (nSPS) is 10.8. The molecule has 106 valence electrons. The van der Waals surface area contributed by atoms with E-state index in [0.717, 1.165) is 22.6 Å². The quantitative estimate of drug-likeness (QED) is 0.919. The Labute approximate surface area is 120 Å². The van der Waals surface area contributed by atoms with Crippen LogP contribution in [0.2, 0.25) is 0 Å². The molecule has 0 unspecified atom stereocenters. The third-order valence-electron chi connectivity index (χ3n) is 2.60. The van der Waals surface area contributed by atoms with Crippen molar-refractivity contribution in [2.45, 2.75) is 26.5 Å². The predicted molar refractivity (Wildman–Crippen MR) is 77.4 cm³/mol. The van der Waals surface area contributed by atoms with Crippen molar-refractivity contribution in [3.63, 3.8) is 0 Å². The lowest BCUT2D eigenvalue weighted by atomic mass is 10.1. The number of rotatable bonds is 5. The summed E-state index contributed by atoms with van der Waals surface area (Å²) in [5.74, 6) is -0.294. The van der Waals surface area contributed by atoms with Crippen LogP contribution in [0.3, 0.4) is 0 Å². The molecule has 0 fully saturated rings. The molecule has 0 saturated carbocycles. The highest BCUT2D eigenvalue weighted by molar-refractivity contribution is 7.07. The topological polar surface area (TPSA) is 68.5 Å². The molecule has 0 radical (unpaired) electrons. The minimum atomic E-state index is -1.04. The van der Waals surface area contributed by atoms with Gasteiger partial charge in [0.15, 0.2) is 0 Å². The van der Waals surface area contributed by atoms with Crippen molar-refractivity contribution in [3.8, 4) is 17.0 Å². The second-order valence-electron chi connectivity index (χ2n) is 4.56. The van der Waals surface area contributed by atoms with E-state index in [0.29, 0.717) is 5.69 Å². The average molecular weight is 293 g/mol. The predicted octanol–water partition coefficient (Wildman–Crippen LogP) is 2.45. The second kappa shape index (κ2) is 5.92. The molecular weight excluding hydrogens is 278 g/mol. The van der Waals surface area contributed by atoms with Gasteiger partial charge in [0, 0.05) is 5.38 Å². The molecule has 5 nitrogen and oxygen atoms in total. The zero-order valence-electron chi connectivity index (χ0n) is 11.2. The molecule has 0 aliphatic heterocycles. The maximum Gasteiger partial charge on any atom is 0.323 e. The maximum absolute atomic E-state index is 11.7. The van der Waals surface area contributed by atoms with Gasteiger partial charge in [-0.05, 0) is 43.7 Å². The SMILES string of the molecule is CC(C)Oc1ccc(-c2csc(=O)n2CC(=O)O)cc1. The molecule has 0 amide bonds. The molecule has 0 saturated heterocycles. The summed E-state index contributed by atoms with van der Waals surface area (Å²) in [6.45, 7) is 3.55. The zero-order chi connectivity index (χ0) is 14.7. The van der Waals surface area contributed by atoms with Crippen LogP contribution in [0, 0.1) is 0 Å². The van der Waals surface area contributed by atoms with E-state index < -0.39 is 5.97 Å². The number of thiazole rings is 1. The van der Waals surface area contributed by atoms with Crippen molar-refractivity contribution in [2.75, 3.05) is 0 Å². The molecule has 0 bridgehead atoms. The molecule has 0 aliphatic carbocycles. The Balaban J connectivity index is 2.32. The van der Waals surface area contributed by atoms with Crippen LogP contribution < -0.4 is 9.61 Å². The Hall–Kier alpha value is -2.08. The summed E-state index contributed by atoms with van der Waals surface area (Å²) in [5.41, 5.74) is 1.40. The van der Waals surface area contributed by atoms with Crippen LogP contribution in [-0.4, -0.2) is 21.7 Å². The fraction of sp³-hybridized carbons (Fsp3) is 0.286. The minimum absolute atomic E-state index is 0.0900. The van der Waals surface area contributed by atoms with Gasteiger partial charge < -0.3 is 9.84 Å². The van der Waals surface area contributed by atoms with Crippen LogP contribution in [0.4, 0.5) is 0 Å². The van der Waals surface area contributed by atoms with Crippen molar-refractivity contribution in [1.29, 1.82) is 0 Å². The molecular formula is C14H15NO4S. The molecule has 20 heavy (non-hydrogen) atoms. The molecule has 2 rings (SSSR count). The highest BCUT2D eigenvalue weighted by atomic mass is 32.1. The molecule has 1 N–H and O–H groups in total. The van der Waals surface area contributed by atoms with E-state index in [9.17, 15) is 9.59 Å². The Morgan fingerprint density at radius 1 is 1.35 bits per heavy atom. The Morgan fingerprint density at radius 2 is 2.00 bits per heavy atom. The zero-order valence-corrected chi connectivity index (χ0v) is 12.0. The van der Waals surface area contributed by atoms with E-state index in [2.05, 4.69) is 0 Å². The Bertz CT molecular complexity index is 655. The molecule has 1 aromatic heterocycles. The van der Waals surface area contributed by atoms with Crippen LogP contribution in [0.1, 0.15) is 13.8 Å². The summed E-state index contributed by atoms with van der Waals surface area (Å²) in [5, 5.41) is 10.5. The number of carboxylic acid groups (broad SMARTS) is 1. The first-order valence-corrected chi connectivity index (χ1v) is 7.02. The first-order valence-electron chi connectivity index (χ1n) is 6.14. The Morgan fingerprint density at radius 3 is 2.55 bits per heavy atom. The fourth-order valence-electron chi connectivity index (χ4n) is 1.82. The van der Waals surface area contributed by atoms with Crippen molar-refractivity contribution >= 4 is 17.3 Å². The number of benzene rings is 1. The van der Waals surface area contributed by atoms with Gasteiger partial charge in [-0.15, -0.1) is 0 Å². The standard InChI is InChI=1S/C14H15NO4S/c1-9(2)19-11-5-3-10(4-6-11)12-8-20-14(18)15(12)7-13(16)17/h3-6,8-9H,7H2,1-2H3,(H,16,17). The largest absolute Gasteiger partial charge is 0.491 e. The van der Waals surface area contributed by atoms with Gasteiger partial charge in [0.25, 0.3) is 0 Å². The van der Waals surface area contributed by atoms with E-state index in [1.165, 1.54) is 4.57 Å². The summed E-state index contributed by atoms with van der Waals surface area (Å²) >= 11 is 0.996. The molecule has 1 heterocycles. The lowest BCUT2D eigenvalue weighted by Crippen LogP contribution is -2.19. The molecule has 1 aromatic carbocycles. The van der Waals surface area contributed by atoms with E-state index in [1.807, 2.05) is 38.1 Å². The van der Waals surface area contributed by atoms with E-state index in [1.54, 1.807) is 5.38 Å². The smallest absolute Gasteiger partial charge is 0.323 e. The number of aliphatic carboxylic acids is 1. The average Bonchev–Trinajstić information content (AvgIpc) is 2.71. The number of carbonyl (C=O) groups is 1. The van der Waals surface area contributed by atoms with Gasteiger partial charge in [0.1, 0.15) is 12.3 Å². The number of carboxylic acids is 1. The van der Waals surface area contributed by atoms with Crippen molar-refractivity contribution in [1.82, 2.24) is 4.57 Å². The lowest BCUT2D eigenvalue weighted by molar-refractivity contribution is -0.137. The molecule has 0 aliphatic rings. The van der Waals surface area contributed by atoms with Gasteiger partial charge in [0.05, 0.1) is 11.8 Å². The number of nitrogens with zero attached hydrogens (tertiary/aromatic N) is 1. The van der Waals surface area contributed by atoms with Crippen molar-refractivity contribution < 1.29 is 14.6 Å². The van der Waals surface area contributed by atoms with Crippen LogP contribution >= 0.6 is 11.3 Å². The number of hydrogen-bond donors (Lipinski definition) is 1. The van der Waals surface area contributed by atoms with Crippen LogP contribution in [-0.2, 0) is 11.3 Å². The summed E-state index contributed by atoms with van der Waals surface area (Å²) < 4.78 is 6.80. The van der Waals surface area contributed by atoms with Crippen LogP contribution in [0.25, 0.3) is 11.3 Å². The van der Waals surface area contributed by atoms with E-state index >= 15 is 0 Å². The summed E-state index contributed by atoms with van der Waals surface area (Å²) in [4.78, 5) is 22.2. The summed E-state index contributed by atoms with van der Waals surface area (Å²) in [7, 11) is 0. The minimum Gasteiger partial charge on any atom is -0.491 e. The second-order valence-corrected chi connectivity index (χ2v) is 5.38. The number of ether oxygens (including phenoxy) is 1. The molecule has 0 spiro atoms. The highest BCUT2D eigenvalue weighted by Crippen LogP contribution is 2.23. The lowest BCUT2D eigenvalue weighted by Gasteiger charge is -2.10. The molecule has 2 aromatic rings. The third kappa shape index (κ3) is 3.27.